The molecule has 0 aliphatic heterocycles. The predicted molar refractivity (Wildman–Crippen MR) is 65.8 cm³/mol. The molecule has 0 bridgehead atoms. The summed E-state index contributed by atoms with van der Waals surface area (Å²) >= 11 is 0. The zero-order valence-electron chi connectivity index (χ0n) is 10.9. The van der Waals surface area contributed by atoms with E-state index >= 15 is 0 Å². The highest BCUT2D eigenvalue weighted by Crippen LogP contribution is 2.20. The smallest absolute Gasteiger partial charge is 0.339 e. The highest BCUT2D eigenvalue weighted by atomic mass is 16.6. The summed E-state index contributed by atoms with van der Waals surface area (Å²) in [5, 5.41) is 8.84. The number of hydrogen-bond acceptors (Lipinski definition) is 3. The zero-order chi connectivity index (χ0) is 13.2. The van der Waals surface area contributed by atoms with Crippen molar-refractivity contribution >= 4 is 5.97 Å². The number of hydrogen-bond donors (Lipinski definition) is 0. The molecule has 0 unspecified atom stereocenters. The number of carbonyl (C=O) groups excluding carboxylic acids is 1. The van der Waals surface area contributed by atoms with Gasteiger partial charge in [0.25, 0.3) is 0 Å². The van der Waals surface area contributed by atoms with Crippen LogP contribution in [0.5, 0.6) is 0 Å². The molecule has 0 spiro atoms. The van der Waals surface area contributed by atoms with Crippen LogP contribution in [0.1, 0.15) is 47.8 Å². The van der Waals surface area contributed by atoms with E-state index in [0.29, 0.717) is 11.1 Å². The molecule has 0 radical (unpaired) electrons. The number of nitriles is 1. The van der Waals surface area contributed by atoms with Gasteiger partial charge in [-0.2, -0.15) is 5.26 Å². The van der Waals surface area contributed by atoms with Crippen LogP contribution in [0.4, 0.5) is 0 Å². The Hall–Kier alpha value is -1.82. The Morgan fingerprint density at radius 3 is 2.06 bits per heavy atom. The van der Waals surface area contributed by atoms with Crippen LogP contribution >= 0.6 is 0 Å². The fraction of sp³-hybridized carbons (Fsp3) is 0.429. The first-order valence-electron chi connectivity index (χ1n) is 5.49. The molecule has 3 nitrogen and oxygen atoms in total. The SMILES string of the molecule is Cc1cc(C#N)cc(C)c1C(=O)OC(C)(C)C. The topological polar surface area (TPSA) is 50.1 Å². The third-order valence-corrected chi connectivity index (χ3v) is 2.26. The molecule has 0 aliphatic rings. The van der Waals surface area contributed by atoms with Crippen LogP contribution in [0.3, 0.4) is 0 Å². The van der Waals surface area contributed by atoms with Crippen LogP contribution in [0, 0.1) is 25.2 Å². The minimum atomic E-state index is -0.510. The summed E-state index contributed by atoms with van der Waals surface area (Å²) in [6.07, 6.45) is 0. The normalized spacial score (nSPS) is 10.8. The molecule has 90 valence electrons. The van der Waals surface area contributed by atoms with Crippen molar-refractivity contribution in [3.63, 3.8) is 0 Å². The van der Waals surface area contributed by atoms with Gasteiger partial charge in [0, 0.05) is 0 Å². The monoisotopic (exact) mass is 231 g/mol. The average molecular weight is 231 g/mol. The molecule has 0 fully saturated rings. The lowest BCUT2D eigenvalue weighted by atomic mass is 9.99. The van der Waals surface area contributed by atoms with Crippen LogP contribution in [-0.4, -0.2) is 11.6 Å². The Bertz CT molecular complexity index is 467. The molecular weight excluding hydrogens is 214 g/mol. The largest absolute Gasteiger partial charge is 0.456 e. The van der Waals surface area contributed by atoms with Gasteiger partial charge < -0.3 is 4.74 Å². The van der Waals surface area contributed by atoms with E-state index in [0.717, 1.165) is 11.1 Å². The number of nitrogens with zero attached hydrogens (tertiary/aromatic N) is 1. The summed E-state index contributed by atoms with van der Waals surface area (Å²) in [5.41, 5.74) is 2.15. The minimum Gasteiger partial charge on any atom is -0.456 e. The fourth-order valence-electron chi connectivity index (χ4n) is 1.68. The maximum atomic E-state index is 12.0. The van der Waals surface area contributed by atoms with Crippen molar-refractivity contribution in [3.8, 4) is 6.07 Å². The Labute approximate surface area is 102 Å². The Morgan fingerprint density at radius 1 is 1.24 bits per heavy atom. The Morgan fingerprint density at radius 2 is 1.71 bits per heavy atom. The van der Waals surface area contributed by atoms with Crippen molar-refractivity contribution in [3.05, 3.63) is 34.4 Å². The van der Waals surface area contributed by atoms with Gasteiger partial charge >= 0.3 is 5.97 Å². The van der Waals surface area contributed by atoms with Crippen LogP contribution in [-0.2, 0) is 4.74 Å². The van der Waals surface area contributed by atoms with Crippen molar-refractivity contribution in [2.45, 2.75) is 40.2 Å². The highest BCUT2D eigenvalue weighted by molar-refractivity contribution is 5.93. The third-order valence-electron chi connectivity index (χ3n) is 2.26. The number of benzene rings is 1. The standard InChI is InChI=1S/C14H17NO2/c1-9-6-11(8-15)7-10(2)12(9)13(16)17-14(3,4)5/h6-7H,1-5H3. The van der Waals surface area contributed by atoms with E-state index in [-0.39, 0.29) is 5.97 Å². The van der Waals surface area contributed by atoms with Gasteiger partial charge in [0.2, 0.25) is 0 Å². The van der Waals surface area contributed by atoms with Crippen molar-refractivity contribution in [1.29, 1.82) is 5.26 Å². The maximum absolute atomic E-state index is 12.0. The summed E-state index contributed by atoms with van der Waals surface area (Å²) in [6, 6.07) is 5.47. The second-order valence-corrected chi connectivity index (χ2v) is 5.10. The van der Waals surface area contributed by atoms with Crippen LogP contribution < -0.4 is 0 Å². The van der Waals surface area contributed by atoms with Crippen molar-refractivity contribution in [1.82, 2.24) is 0 Å². The molecular formula is C14H17NO2. The molecule has 1 rings (SSSR count). The lowest BCUT2D eigenvalue weighted by molar-refractivity contribution is 0.00680. The molecule has 1 aromatic carbocycles. The van der Waals surface area contributed by atoms with Crippen molar-refractivity contribution in [2.75, 3.05) is 0 Å². The maximum Gasteiger partial charge on any atom is 0.339 e. The van der Waals surface area contributed by atoms with Crippen LogP contribution in [0.15, 0.2) is 12.1 Å². The second-order valence-electron chi connectivity index (χ2n) is 5.10. The number of ether oxygens (including phenoxy) is 1. The molecule has 0 N–H and O–H groups in total. The van der Waals surface area contributed by atoms with E-state index in [1.54, 1.807) is 12.1 Å². The molecule has 3 heteroatoms. The van der Waals surface area contributed by atoms with E-state index in [1.807, 2.05) is 34.6 Å². The van der Waals surface area contributed by atoms with Crippen molar-refractivity contribution in [2.24, 2.45) is 0 Å². The zero-order valence-corrected chi connectivity index (χ0v) is 10.9. The first-order chi connectivity index (χ1) is 7.74. The molecule has 0 heterocycles. The minimum absolute atomic E-state index is 0.336. The highest BCUT2D eigenvalue weighted by Gasteiger charge is 2.21. The molecule has 0 amide bonds. The van der Waals surface area contributed by atoms with Gasteiger partial charge in [-0.05, 0) is 57.9 Å². The number of esters is 1. The lowest BCUT2D eigenvalue weighted by Gasteiger charge is -2.21. The Kier molecular flexibility index (Phi) is 3.57. The first kappa shape index (κ1) is 13.2. The quantitative estimate of drug-likeness (QED) is 0.698. The fourth-order valence-corrected chi connectivity index (χ4v) is 1.68. The number of aryl methyl sites for hydroxylation is 2. The first-order valence-corrected chi connectivity index (χ1v) is 5.49. The third kappa shape index (κ3) is 3.32. The van der Waals surface area contributed by atoms with Gasteiger partial charge in [0.1, 0.15) is 5.60 Å². The molecule has 0 saturated heterocycles. The van der Waals surface area contributed by atoms with E-state index in [9.17, 15) is 4.79 Å². The number of carbonyl (C=O) groups is 1. The average Bonchev–Trinajstić information content (AvgIpc) is 2.13. The van der Waals surface area contributed by atoms with Crippen LogP contribution in [0.25, 0.3) is 0 Å². The molecule has 0 saturated carbocycles. The van der Waals surface area contributed by atoms with Crippen LogP contribution in [0.2, 0.25) is 0 Å². The molecule has 17 heavy (non-hydrogen) atoms. The second kappa shape index (κ2) is 4.58. The summed E-state index contributed by atoms with van der Waals surface area (Å²) in [7, 11) is 0. The molecule has 0 aromatic heterocycles. The van der Waals surface area contributed by atoms with Gasteiger partial charge in [-0.25, -0.2) is 4.79 Å². The van der Waals surface area contributed by atoms with Gasteiger partial charge in [-0.3, -0.25) is 0 Å². The van der Waals surface area contributed by atoms with Gasteiger partial charge in [-0.15, -0.1) is 0 Å². The predicted octanol–water partition coefficient (Wildman–Crippen LogP) is 3.13. The number of rotatable bonds is 1. The summed E-state index contributed by atoms with van der Waals surface area (Å²) in [5.74, 6) is -0.336. The van der Waals surface area contributed by atoms with Crippen molar-refractivity contribution < 1.29 is 9.53 Å². The van der Waals surface area contributed by atoms with Gasteiger partial charge in [0.15, 0.2) is 0 Å². The molecule has 0 aliphatic carbocycles. The van der Waals surface area contributed by atoms with Gasteiger partial charge in [-0.1, -0.05) is 0 Å². The summed E-state index contributed by atoms with van der Waals surface area (Å²) in [4.78, 5) is 12.0. The molecule has 1 aromatic rings. The van der Waals surface area contributed by atoms with E-state index < -0.39 is 5.60 Å². The van der Waals surface area contributed by atoms with E-state index in [2.05, 4.69) is 6.07 Å². The summed E-state index contributed by atoms with van der Waals surface area (Å²) < 4.78 is 5.34. The Balaban J connectivity index is 3.16. The lowest BCUT2D eigenvalue weighted by Crippen LogP contribution is -2.25. The summed E-state index contributed by atoms with van der Waals surface area (Å²) in [6.45, 7) is 9.12. The molecule has 0 atom stereocenters. The van der Waals surface area contributed by atoms with E-state index in [4.69, 9.17) is 10.00 Å². The van der Waals surface area contributed by atoms with Gasteiger partial charge in [0.05, 0.1) is 17.2 Å². The van der Waals surface area contributed by atoms with E-state index in [1.165, 1.54) is 0 Å².